The lowest BCUT2D eigenvalue weighted by Gasteiger charge is -1.92. The van der Waals surface area contributed by atoms with E-state index in [2.05, 4.69) is 14.9 Å². The molecule has 0 aromatic carbocycles. The van der Waals surface area contributed by atoms with Crippen LogP contribution in [0.2, 0.25) is 0 Å². The first-order chi connectivity index (χ1) is 4.70. The molecular formula is C4H5N3O2S. The average Bonchev–Trinajstić information content (AvgIpc) is 2.15. The summed E-state index contributed by atoms with van der Waals surface area (Å²) in [5.74, 6) is 0. The van der Waals surface area contributed by atoms with Crippen LogP contribution in [0, 0.1) is 6.92 Å². The summed E-state index contributed by atoms with van der Waals surface area (Å²) in [6.45, 7) is 1.69. The Labute approximate surface area is 60.9 Å². The van der Waals surface area contributed by atoms with E-state index in [1.165, 1.54) is 0 Å². The molecule has 0 aliphatic carbocycles. The van der Waals surface area contributed by atoms with Crippen molar-refractivity contribution >= 4 is 22.6 Å². The van der Waals surface area contributed by atoms with Gasteiger partial charge in [-0.1, -0.05) is 4.49 Å². The van der Waals surface area contributed by atoms with Crippen LogP contribution in [0.4, 0.5) is 9.80 Å². The first-order valence-electron chi connectivity index (χ1n) is 2.49. The molecule has 0 bridgehead atoms. The van der Waals surface area contributed by atoms with Gasteiger partial charge in [0.05, 0.1) is 5.69 Å². The second-order valence-corrected chi connectivity index (χ2v) is 2.37. The highest BCUT2D eigenvalue weighted by molar-refractivity contribution is 7.10. The molecule has 1 rings (SSSR count). The maximum absolute atomic E-state index is 10.1. The van der Waals surface area contributed by atoms with Crippen molar-refractivity contribution in [2.45, 2.75) is 6.92 Å². The Bertz CT molecular complexity index is 246. The van der Waals surface area contributed by atoms with Crippen molar-refractivity contribution in [1.82, 2.24) is 9.59 Å². The van der Waals surface area contributed by atoms with Crippen molar-refractivity contribution in [3.05, 3.63) is 5.69 Å². The smallest absolute Gasteiger partial charge is 0.409 e. The summed E-state index contributed by atoms with van der Waals surface area (Å²) < 4.78 is 3.54. The number of aromatic nitrogens is 2. The summed E-state index contributed by atoms with van der Waals surface area (Å²) in [7, 11) is 0. The lowest BCUT2D eigenvalue weighted by atomic mass is 10.5. The molecule has 0 atom stereocenters. The van der Waals surface area contributed by atoms with Crippen LogP contribution in [0.3, 0.4) is 0 Å². The quantitative estimate of drug-likeness (QED) is 0.639. The Morgan fingerprint density at radius 3 is 2.90 bits per heavy atom. The molecular weight excluding hydrogens is 154 g/mol. The molecule has 2 N–H and O–H groups in total. The van der Waals surface area contributed by atoms with Crippen LogP contribution in [-0.2, 0) is 0 Å². The van der Waals surface area contributed by atoms with E-state index in [0.717, 1.165) is 11.5 Å². The first-order valence-corrected chi connectivity index (χ1v) is 3.26. The van der Waals surface area contributed by atoms with Gasteiger partial charge in [0.15, 0.2) is 0 Å². The van der Waals surface area contributed by atoms with Crippen molar-refractivity contribution in [2.75, 3.05) is 5.32 Å². The van der Waals surface area contributed by atoms with Crippen LogP contribution in [0.5, 0.6) is 0 Å². The van der Waals surface area contributed by atoms with E-state index in [9.17, 15) is 4.79 Å². The standard InChI is InChI=1S/C4H5N3O2S/c1-2-3(5-4(8)9)10-7-6-2/h5H,1H3,(H,8,9). The molecule has 0 fully saturated rings. The Balaban J connectivity index is 2.74. The molecule has 1 aromatic heterocycles. The number of hydrogen-bond donors (Lipinski definition) is 2. The molecule has 0 spiro atoms. The second kappa shape index (κ2) is 2.61. The first kappa shape index (κ1) is 6.94. The molecule has 0 aliphatic heterocycles. The van der Waals surface area contributed by atoms with E-state index in [4.69, 9.17) is 5.11 Å². The van der Waals surface area contributed by atoms with Gasteiger partial charge >= 0.3 is 6.09 Å². The molecule has 0 radical (unpaired) electrons. The van der Waals surface area contributed by atoms with Gasteiger partial charge in [0.25, 0.3) is 0 Å². The molecule has 0 unspecified atom stereocenters. The van der Waals surface area contributed by atoms with E-state index in [1.54, 1.807) is 6.92 Å². The lowest BCUT2D eigenvalue weighted by Crippen LogP contribution is -2.06. The fourth-order valence-electron chi connectivity index (χ4n) is 0.444. The fourth-order valence-corrected chi connectivity index (χ4v) is 0.995. The summed E-state index contributed by atoms with van der Waals surface area (Å²) in [4.78, 5) is 10.1. The number of nitrogens with zero attached hydrogens (tertiary/aromatic N) is 2. The van der Waals surface area contributed by atoms with Crippen LogP contribution in [0.1, 0.15) is 5.69 Å². The molecule has 54 valence electrons. The molecule has 6 heteroatoms. The Hall–Kier alpha value is -1.17. The van der Waals surface area contributed by atoms with E-state index in [1.807, 2.05) is 0 Å². The van der Waals surface area contributed by atoms with Crippen LogP contribution >= 0.6 is 11.5 Å². The summed E-state index contributed by atoms with van der Waals surface area (Å²) in [6, 6.07) is 0. The summed E-state index contributed by atoms with van der Waals surface area (Å²) in [5, 5.41) is 14.5. The molecule has 0 aliphatic rings. The number of hydrogen-bond acceptors (Lipinski definition) is 4. The molecule has 0 saturated carbocycles. The van der Waals surface area contributed by atoms with E-state index < -0.39 is 6.09 Å². The van der Waals surface area contributed by atoms with Gasteiger partial charge in [-0.05, 0) is 6.92 Å². The van der Waals surface area contributed by atoms with Crippen molar-refractivity contribution in [3.8, 4) is 0 Å². The molecule has 1 amide bonds. The zero-order chi connectivity index (χ0) is 7.56. The predicted molar refractivity (Wildman–Crippen MR) is 36.3 cm³/mol. The summed E-state index contributed by atoms with van der Waals surface area (Å²) in [6.07, 6.45) is -1.09. The number of nitrogens with one attached hydrogen (secondary N) is 1. The van der Waals surface area contributed by atoms with Crippen LogP contribution < -0.4 is 5.32 Å². The number of amides is 1. The molecule has 1 heterocycles. The van der Waals surface area contributed by atoms with Crippen LogP contribution in [0.25, 0.3) is 0 Å². The fraction of sp³-hybridized carbons (Fsp3) is 0.250. The van der Waals surface area contributed by atoms with E-state index in [0.29, 0.717) is 10.7 Å². The van der Waals surface area contributed by atoms with Gasteiger partial charge in [-0.15, -0.1) is 5.10 Å². The van der Waals surface area contributed by atoms with Gasteiger partial charge in [-0.25, -0.2) is 4.79 Å². The van der Waals surface area contributed by atoms with Gasteiger partial charge in [-0.2, -0.15) is 0 Å². The topological polar surface area (TPSA) is 75.1 Å². The predicted octanol–water partition coefficient (Wildman–Crippen LogP) is 0.936. The van der Waals surface area contributed by atoms with E-state index >= 15 is 0 Å². The van der Waals surface area contributed by atoms with Crippen molar-refractivity contribution in [2.24, 2.45) is 0 Å². The average molecular weight is 159 g/mol. The number of carbonyl (C=O) groups is 1. The normalized spacial score (nSPS) is 9.30. The lowest BCUT2D eigenvalue weighted by molar-refractivity contribution is 0.210. The molecule has 0 saturated heterocycles. The van der Waals surface area contributed by atoms with Gasteiger partial charge in [0.2, 0.25) is 0 Å². The number of anilines is 1. The minimum Gasteiger partial charge on any atom is -0.465 e. The third-order valence-electron chi connectivity index (χ3n) is 0.872. The Morgan fingerprint density at radius 1 is 1.80 bits per heavy atom. The monoisotopic (exact) mass is 159 g/mol. The zero-order valence-electron chi connectivity index (χ0n) is 5.16. The summed E-state index contributed by atoms with van der Waals surface area (Å²) in [5.41, 5.74) is 0.604. The second-order valence-electron chi connectivity index (χ2n) is 1.62. The zero-order valence-corrected chi connectivity index (χ0v) is 5.97. The third kappa shape index (κ3) is 1.41. The third-order valence-corrected chi connectivity index (χ3v) is 1.62. The van der Waals surface area contributed by atoms with Gasteiger partial charge in [0, 0.05) is 11.5 Å². The minimum absolute atomic E-state index is 0.479. The maximum Gasteiger partial charge on any atom is 0.409 e. The molecule has 5 nitrogen and oxygen atoms in total. The van der Waals surface area contributed by atoms with Crippen molar-refractivity contribution < 1.29 is 9.90 Å². The van der Waals surface area contributed by atoms with Crippen LogP contribution in [-0.4, -0.2) is 20.8 Å². The van der Waals surface area contributed by atoms with Gasteiger partial charge < -0.3 is 5.11 Å². The van der Waals surface area contributed by atoms with Gasteiger partial charge in [0.1, 0.15) is 5.00 Å². The number of carboxylic acid groups (broad SMARTS) is 1. The largest absolute Gasteiger partial charge is 0.465 e. The number of aryl methyl sites for hydroxylation is 1. The Morgan fingerprint density at radius 2 is 2.50 bits per heavy atom. The highest BCUT2D eigenvalue weighted by Gasteiger charge is 2.04. The minimum atomic E-state index is -1.09. The SMILES string of the molecule is Cc1nnsc1NC(=O)O. The van der Waals surface area contributed by atoms with Crippen molar-refractivity contribution in [1.29, 1.82) is 0 Å². The summed E-state index contributed by atoms with van der Waals surface area (Å²) >= 11 is 1.02. The Kier molecular flexibility index (Phi) is 1.81. The van der Waals surface area contributed by atoms with Crippen LogP contribution in [0.15, 0.2) is 0 Å². The van der Waals surface area contributed by atoms with Gasteiger partial charge in [-0.3, -0.25) is 5.32 Å². The molecule has 10 heavy (non-hydrogen) atoms. The number of rotatable bonds is 1. The highest BCUT2D eigenvalue weighted by Crippen LogP contribution is 2.15. The molecule has 1 aromatic rings. The van der Waals surface area contributed by atoms with E-state index in [-0.39, 0.29) is 0 Å². The maximum atomic E-state index is 10.1. The van der Waals surface area contributed by atoms with Crippen molar-refractivity contribution in [3.63, 3.8) is 0 Å². The highest BCUT2D eigenvalue weighted by atomic mass is 32.1.